The number of nitrogens with zero attached hydrogens (tertiary/aromatic N) is 7. The highest BCUT2D eigenvalue weighted by Crippen LogP contribution is 2.39. The van der Waals surface area contributed by atoms with Crippen LogP contribution in [0.3, 0.4) is 0 Å². The quantitative estimate of drug-likeness (QED) is 0.298. The molecular weight excluding hydrogens is 554 g/mol. The molecule has 2 saturated heterocycles. The first-order chi connectivity index (χ1) is 20.9. The van der Waals surface area contributed by atoms with Gasteiger partial charge in [-0.1, -0.05) is 0 Å². The topological polar surface area (TPSA) is 154 Å². The molecule has 2 amide bonds. The van der Waals surface area contributed by atoms with E-state index in [1.807, 2.05) is 23.1 Å². The second-order valence-electron chi connectivity index (χ2n) is 10.6. The summed E-state index contributed by atoms with van der Waals surface area (Å²) < 4.78 is 19.9. The highest BCUT2D eigenvalue weighted by molar-refractivity contribution is 5.95. The molecule has 1 aromatic carbocycles. The van der Waals surface area contributed by atoms with Gasteiger partial charge in [-0.05, 0) is 44.2 Å². The van der Waals surface area contributed by atoms with E-state index in [0.29, 0.717) is 72.1 Å². The number of primary amides is 1. The standard InChI is InChI=1S/C29H35N9O5/c1-41-22-14-18(15-23(42-2)25(22)43-3)36-16-24(31-17-36)32-27-20-9-10-21(28(40)35-11-5-4-6-12-35)38(20)34-29(33-27)37-13-7-8-19(37)26(30)39/h9-10,14-17,19H,4-8,11-13H2,1-3H3,(H2,30,39)(H,32,33,34). The fourth-order valence-electron chi connectivity index (χ4n) is 5.79. The largest absolute Gasteiger partial charge is 0.493 e. The molecular formula is C29H35N9O5. The second kappa shape index (κ2) is 11.7. The van der Waals surface area contributed by atoms with Crippen LogP contribution in [0, 0.1) is 0 Å². The Balaban J connectivity index is 1.39. The maximum absolute atomic E-state index is 13.6. The van der Waals surface area contributed by atoms with Crippen LogP contribution in [0.2, 0.25) is 0 Å². The van der Waals surface area contributed by atoms with Crippen LogP contribution < -0.4 is 30.2 Å². The Labute approximate surface area is 248 Å². The number of fused-ring (bicyclic) bond motifs is 1. The molecule has 0 radical (unpaired) electrons. The van der Waals surface area contributed by atoms with Gasteiger partial charge in [-0.25, -0.2) is 9.50 Å². The first-order valence-electron chi connectivity index (χ1n) is 14.3. The minimum atomic E-state index is -0.527. The number of methoxy groups -OCH3 is 3. The number of nitrogens with one attached hydrogen (secondary N) is 1. The van der Waals surface area contributed by atoms with Crippen molar-refractivity contribution in [1.82, 2.24) is 29.0 Å². The average Bonchev–Trinajstić information content (AvgIpc) is 3.80. The van der Waals surface area contributed by atoms with Gasteiger partial charge < -0.3 is 39.6 Å². The number of nitrogens with two attached hydrogens (primary N) is 1. The molecule has 226 valence electrons. The Kier molecular flexibility index (Phi) is 7.65. The molecule has 0 spiro atoms. The summed E-state index contributed by atoms with van der Waals surface area (Å²) in [6.45, 7) is 2.00. The van der Waals surface area contributed by atoms with Gasteiger partial charge in [0, 0.05) is 31.8 Å². The maximum atomic E-state index is 13.6. The van der Waals surface area contributed by atoms with Gasteiger partial charge in [-0.3, -0.25) is 9.59 Å². The van der Waals surface area contributed by atoms with Crippen LogP contribution in [0.15, 0.2) is 36.8 Å². The van der Waals surface area contributed by atoms with E-state index in [1.54, 1.807) is 53.9 Å². The molecule has 3 aromatic heterocycles. The number of hydrogen-bond donors (Lipinski definition) is 2. The van der Waals surface area contributed by atoms with Crippen LogP contribution in [0.1, 0.15) is 42.6 Å². The summed E-state index contributed by atoms with van der Waals surface area (Å²) in [5.74, 6) is 2.23. The Morgan fingerprint density at radius 3 is 2.40 bits per heavy atom. The molecule has 1 atom stereocenters. The number of rotatable bonds is 9. The zero-order valence-corrected chi connectivity index (χ0v) is 24.4. The Morgan fingerprint density at radius 2 is 1.72 bits per heavy atom. The summed E-state index contributed by atoms with van der Waals surface area (Å²) >= 11 is 0. The van der Waals surface area contributed by atoms with Gasteiger partial charge in [0.15, 0.2) is 17.3 Å². The first kappa shape index (κ1) is 28.1. The second-order valence-corrected chi connectivity index (χ2v) is 10.6. The molecule has 0 saturated carbocycles. The third-order valence-corrected chi connectivity index (χ3v) is 7.98. The van der Waals surface area contributed by atoms with Gasteiger partial charge in [-0.15, -0.1) is 5.10 Å². The van der Waals surface area contributed by atoms with Crippen LogP contribution in [-0.4, -0.2) is 87.9 Å². The lowest BCUT2D eigenvalue weighted by atomic mass is 10.1. The van der Waals surface area contributed by atoms with Gasteiger partial charge in [0.2, 0.25) is 17.6 Å². The summed E-state index contributed by atoms with van der Waals surface area (Å²) in [7, 11) is 4.67. The van der Waals surface area contributed by atoms with Crippen molar-refractivity contribution in [2.45, 2.75) is 38.1 Å². The minimum absolute atomic E-state index is 0.0881. The van der Waals surface area contributed by atoms with E-state index in [4.69, 9.17) is 30.0 Å². The Bertz CT molecular complexity index is 1630. The normalized spacial score (nSPS) is 16.9. The van der Waals surface area contributed by atoms with E-state index in [9.17, 15) is 9.59 Å². The van der Waals surface area contributed by atoms with Crippen molar-refractivity contribution in [2.24, 2.45) is 5.73 Å². The fraction of sp³-hybridized carbons (Fsp3) is 0.414. The third-order valence-electron chi connectivity index (χ3n) is 7.98. The van der Waals surface area contributed by atoms with Crippen molar-refractivity contribution in [3.63, 3.8) is 0 Å². The highest BCUT2D eigenvalue weighted by Gasteiger charge is 2.32. The molecule has 14 nitrogen and oxygen atoms in total. The molecule has 0 aliphatic carbocycles. The molecule has 4 aromatic rings. The van der Waals surface area contributed by atoms with E-state index in [0.717, 1.165) is 31.4 Å². The van der Waals surface area contributed by atoms with Crippen molar-refractivity contribution in [1.29, 1.82) is 0 Å². The lowest BCUT2D eigenvalue weighted by Gasteiger charge is -2.26. The maximum Gasteiger partial charge on any atom is 0.272 e. The summed E-state index contributed by atoms with van der Waals surface area (Å²) in [6.07, 6.45) is 7.91. The van der Waals surface area contributed by atoms with Gasteiger partial charge in [0.25, 0.3) is 5.91 Å². The molecule has 0 bridgehead atoms. The molecule has 5 heterocycles. The molecule has 14 heteroatoms. The van der Waals surface area contributed by atoms with Gasteiger partial charge in [-0.2, -0.15) is 4.98 Å². The predicted molar refractivity (Wildman–Crippen MR) is 159 cm³/mol. The van der Waals surface area contributed by atoms with Crippen molar-refractivity contribution in [2.75, 3.05) is 51.2 Å². The van der Waals surface area contributed by atoms with Crippen molar-refractivity contribution >= 4 is 34.9 Å². The lowest BCUT2D eigenvalue weighted by molar-refractivity contribution is -0.119. The number of piperidine rings is 1. The number of hydrogen-bond acceptors (Lipinski definition) is 10. The molecule has 43 heavy (non-hydrogen) atoms. The Hall–Kier alpha value is -5.01. The van der Waals surface area contributed by atoms with Crippen LogP contribution in [0.5, 0.6) is 17.2 Å². The fourth-order valence-corrected chi connectivity index (χ4v) is 5.79. The van der Waals surface area contributed by atoms with Crippen LogP contribution in [0.4, 0.5) is 17.6 Å². The minimum Gasteiger partial charge on any atom is -0.493 e. The van der Waals surface area contributed by atoms with E-state index < -0.39 is 11.9 Å². The zero-order chi connectivity index (χ0) is 30.1. The van der Waals surface area contributed by atoms with E-state index in [2.05, 4.69) is 10.3 Å². The average molecular weight is 590 g/mol. The smallest absolute Gasteiger partial charge is 0.272 e. The van der Waals surface area contributed by atoms with E-state index in [-0.39, 0.29) is 5.91 Å². The van der Waals surface area contributed by atoms with Crippen molar-refractivity contribution < 1.29 is 23.8 Å². The summed E-state index contributed by atoms with van der Waals surface area (Å²) in [6, 6.07) is 6.68. The predicted octanol–water partition coefficient (Wildman–Crippen LogP) is 2.76. The van der Waals surface area contributed by atoms with Gasteiger partial charge >= 0.3 is 0 Å². The van der Waals surface area contributed by atoms with E-state index >= 15 is 0 Å². The van der Waals surface area contributed by atoms with E-state index in [1.165, 1.54) is 0 Å². The third kappa shape index (κ3) is 5.24. The lowest BCUT2D eigenvalue weighted by Crippen LogP contribution is -2.41. The molecule has 1 unspecified atom stereocenters. The summed E-state index contributed by atoms with van der Waals surface area (Å²) in [5.41, 5.74) is 7.48. The molecule has 6 rings (SSSR count). The Morgan fingerprint density at radius 1 is 0.977 bits per heavy atom. The van der Waals surface area contributed by atoms with Crippen molar-refractivity contribution in [3.8, 4) is 22.9 Å². The summed E-state index contributed by atoms with van der Waals surface area (Å²) in [5, 5.41) is 8.04. The number of ether oxygens (including phenoxy) is 3. The van der Waals surface area contributed by atoms with Crippen molar-refractivity contribution in [3.05, 3.63) is 42.5 Å². The monoisotopic (exact) mass is 589 g/mol. The number of imidazole rings is 1. The number of benzene rings is 1. The molecule has 2 fully saturated rings. The molecule has 3 N–H and O–H groups in total. The number of carbonyl (C=O) groups is 2. The number of likely N-dealkylation sites (tertiary alicyclic amines) is 1. The van der Waals surface area contributed by atoms with Crippen LogP contribution in [-0.2, 0) is 4.79 Å². The van der Waals surface area contributed by atoms with Gasteiger partial charge in [0.05, 0.1) is 33.2 Å². The molecule has 2 aliphatic heterocycles. The summed E-state index contributed by atoms with van der Waals surface area (Å²) in [4.78, 5) is 38.8. The highest BCUT2D eigenvalue weighted by atomic mass is 16.5. The SMILES string of the molecule is COc1cc(-n2cnc(Nc3nc(N4CCCC4C(N)=O)nn4c(C(=O)N5CCCCC5)ccc34)c2)cc(OC)c1OC. The van der Waals surface area contributed by atoms with Crippen LogP contribution >= 0.6 is 0 Å². The number of amides is 2. The zero-order valence-electron chi connectivity index (χ0n) is 24.4. The number of aromatic nitrogens is 5. The van der Waals surface area contributed by atoms with Crippen LogP contribution in [0.25, 0.3) is 11.2 Å². The number of anilines is 3. The van der Waals surface area contributed by atoms with Gasteiger partial charge in [0.1, 0.15) is 29.4 Å². The number of carbonyl (C=O) groups excluding carboxylic acids is 2. The first-order valence-corrected chi connectivity index (χ1v) is 14.3. The molecule has 2 aliphatic rings.